The second kappa shape index (κ2) is 7.54. The minimum absolute atomic E-state index is 0.0620. The van der Waals surface area contributed by atoms with Crippen LogP contribution in [0.4, 0.5) is 10.1 Å². The van der Waals surface area contributed by atoms with Crippen LogP contribution in [0.15, 0.2) is 18.2 Å². The Hall–Kier alpha value is -2.02. The van der Waals surface area contributed by atoms with Crippen LogP contribution < -0.4 is 0 Å². The molecule has 7 heteroatoms. The van der Waals surface area contributed by atoms with Crippen LogP contribution in [0.25, 0.3) is 0 Å². The lowest BCUT2D eigenvalue weighted by atomic mass is 10.1. The van der Waals surface area contributed by atoms with E-state index in [1.165, 1.54) is 4.90 Å². The number of aliphatic hydroxyl groups is 1. The number of hydrogen-bond acceptors (Lipinski definition) is 4. The Bertz CT molecular complexity index is 493. The monoisotopic (exact) mass is 284 g/mol. The summed E-state index contributed by atoms with van der Waals surface area (Å²) in [7, 11) is 0. The number of amides is 1. The molecule has 0 aromatic heterocycles. The largest absolute Gasteiger partial charge is 0.395 e. The molecule has 0 aliphatic carbocycles. The van der Waals surface area contributed by atoms with Crippen molar-refractivity contribution in [3.8, 4) is 0 Å². The van der Waals surface area contributed by atoms with E-state index in [9.17, 15) is 19.3 Å². The lowest BCUT2D eigenvalue weighted by Gasteiger charge is -2.21. The molecule has 0 aliphatic heterocycles. The van der Waals surface area contributed by atoms with Gasteiger partial charge < -0.3 is 10.0 Å². The number of nitrogens with zero attached hydrogens (tertiary/aromatic N) is 2. The highest BCUT2D eigenvalue weighted by atomic mass is 19.1. The average Bonchev–Trinajstić information content (AvgIpc) is 2.42. The second-order valence-corrected chi connectivity index (χ2v) is 4.29. The van der Waals surface area contributed by atoms with Gasteiger partial charge >= 0.3 is 0 Å². The van der Waals surface area contributed by atoms with Crippen LogP contribution in [-0.2, 0) is 0 Å². The van der Waals surface area contributed by atoms with Crippen LogP contribution in [0.5, 0.6) is 0 Å². The van der Waals surface area contributed by atoms with Crippen LogP contribution in [0.2, 0.25) is 0 Å². The summed E-state index contributed by atoms with van der Waals surface area (Å²) in [6.45, 7) is 2.11. The second-order valence-electron chi connectivity index (χ2n) is 4.29. The van der Waals surface area contributed by atoms with Gasteiger partial charge in [-0.15, -0.1) is 0 Å². The summed E-state index contributed by atoms with van der Waals surface area (Å²) in [4.78, 5) is 23.7. The molecule has 1 rings (SSSR count). The Kier molecular flexibility index (Phi) is 6.05. The fraction of sp³-hybridized carbons (Fsp3) is 0.462. The molecule has 0 saturated carbocycles. The Morgan fingerprint density at radius 2 is 2.15 bits per heavy atom. The van der Waals surface area contributed by atoms with Crippen molar-refractivity contribution in [2.75, 3.05) is 19.7 Å². The van der Waals surface area contributed by atoms with Crippen molar-refractivity contribution in [2.24, 2.45) is 0 Å². The van der Waals surface area contributed by atoms with Gasteiger partial charge in [0.25, 0.3) is 11.6 Å². The molecule has 110 valence electrons. The zero-order valence-corrected chi connectivity index (χ0v) is 11.2. The smallest absolute Gasteiger partial charge is 0.282 e. The number of nitro benzene ring substituents is 1. The first-order chi connectivity index (χ1) is 9.51. The average molecular weight is 284 g/mol. The summed E-state index contributed by atoms with van der Waals surface area (Å²) in [6, 6.07) is 2.77. The van der Waals surface area contributed by atoms with Crippen LogP contribution >= 0.6 is 0 Å². The summed E-state index contributed by atoms with van der Waals surface area (Å²) in [5, 5.41) is 19.9. The van der Waals surface area contributed by atoms with E-state index >= 15 is 0 Å². The molecule has 0 heterocycles. The molecule has 0 spiro atoms. The maximum absolute atomic E-state index is 13.2. The zero-order valence-electron chi connectivity index (χ0n) is 11.2. The van der Waals surface area contributed by atoms with Crippen molar-refractivity contribution < 1.29 is 19.2 Å². The lowest BCUT2D eigenvalue weighted by molar-refractivity contribution is -0.385. The minimum Gasteiger partial charge on any atom is -0.395 e. The highest BCUT2D eigenvalue weighted by molar-refractivity contribution is 5.98. The van der Waals surface area contributed by atoms with Gasteiger partial charge in [0, 0.05) is 19.2 Å². The number of carbonyl (C=O) groups excluding carboxylic acids is 1. The normalized spacial score (nSPS) is 10.3. The predicted octanol–water partition coefficient (Wildman–Crippen LogP) is 1.97. The number of nitro groups is 1. The highest BCUT2D eigenvalue weighted by Crippen LogP contribution is 2.21. The third-order valence-corrected chi connectivity index (χ3v) is 2.82. The van der Waals surface area contributed by atoms with Crippen molar-refractivity contribution in [1.29, 1.82) is 0 Å². The fourth-order valence-corrected chi connectivity index (χ4v) is 1.79. The standard InChI is InChI=1S/C13H17FN2O4/c1-2-3-6-15(7-8-17)13(18)11-9-10(14)4-5-12(11)16(19)20/h4-5,9,17H,2-3,6-8H2,1H3. The van der Waals surface area contributed by atoms with Crippen molar-refractivity contribution in [2.45, 2.75) is 19.8 Å². The van der Waals surface area contributed by atoms with Crippen molar-refractivity contribution >= 4 is 11.6 Å². The molecule has 1 aromatic rings. The Balaban J connectivity index is 3.09. The molecule has 0 unspecified atom stereocenters. The summed E-state index contributed by atoms with van der Waals surface area (Å²) >= 11 is 0. The van der Waals surface area contributed by atoms with E-state index in [4.69, 9.17) is 5.11 Å². The molecule has 1 N–H and O–H groups in total. The molecule has 0 fully saturated rings. The van der Waals surface area contributed by atoms with Gasteiger partial charge in [0.05, 0.1) is 11.5 Å². The number of carbonyl (C=O) groups is 1. The maximum Gasteiger partial charge on any atom is 0.282 e. The number of rotatable bonds is 7. The van der Waals surface area contributed by atoms with Gasteiger partial charge in [-0.25, -0.2) is 4.39 Å². The molecule has 0 aliphatic rings. The summed E-state index contributed by atoms with van der Waals surface area (Å²) in [5.41, 5.74) is -0.726. The number of aliphatic hydroxyl groups excluding tert-OH is 1. The van der Waals surface area contributed by atoms with Crippen LogP contribution in [-0.4, -0.2) is 40.5 Å². The molecular formula is C13H17FN2O4. The van der Waals surface area contributed by atoms with E-state index in [1.54, 1.807) is 0 Å². The molecule has 20 heavy (non-hydrogen) atoms. The Labute approximate surface area is 116 Å². The molecule has 1 amide bonds. The lowest BCUT2D eigenvalue weighted by Crippen LogP contribution is -2.34. The molecule has 0 bridgehead atoms. The van der Waals surface area contributed by atoms with Gasteiger partial charge in [-0.05, 0) is 18.6 Å². The number of benzene rings is 1. The number of halogens is 1. The maximum atomic E-state index is 13.2. The van der Waals surface area contributed by atoms with Crippen molar-refractivity contribution in [3.63, 3.8) is 0 Å². The van der Waals surface area contributed by atoms with E-state index in [2.05, 4.69) is 0 Å². The number of unbranched alkanes of at least 4 members (excludes halogenated alkanes) is 1. The van der Waals surface area contributed by atoms with E-state index in [0.29, 0.717) is 13.0 Å². The van der Waals surface area contributed by atoms with E-state index in [0.717, 1.165) is 24.6 Å². The minimum atomic E-state index is -0.719. The third-order valence-electron chi connectivity index (χ3n) is 2.82. The summed E-state index contributed by atoms with van der Waals surface area (Å²) in [5.74, 6) is -1.35. The van der Waals surface area contributed by atoms with Gasteiger partial charge in [0.1, 0.15) is 11.4 Å². The Morgan fingerprint density at radius 1 is 1.45 bits per heavy atom. The predicted molar refractivity (Wildman–Crippen MR) is 71.0 cm³/mol. The molecule has 0 radical (unpaired) electrons. The van der Waals surface area contributed by atoms with Crippen molar-refractivity contribution in [3.05, 3.63) is 39.7 Å². The van der Waals surface area contributed by atoms with Gasteiger partial charge in [0.15, 0.2) is 0 Å². The van der Waals surface area contributed by atoms with Gasteiger partial charge in [-0.1, -0.05) is 13.3 Å². The van der Waals surface area contributed by atoms with E-state index < -0.39 is 22.3 Å². The van der Waals surface area contributed by atoms with Gasteiger partial charge in [-0.2, -0.15) is 0 Å². The first-order valence-electron chi connectivity index (χ1n) is 6.35. The topological polar surface area (TPSA) is 83.7 Å². The third kappa shape index (κ3) is 3.99. The zero-order chi connectivity index (χ0) is 15.1. The van der Waals surface area contributed by atoms with E-state index in [1.807, 2.05) is 6.92 Å². The quantitative estimate of drug-likeness (QED) is 0.613. The van der Waals surface area contributed by atoms with E-state index in [-0.39, 0.29) is 18.7 Å². The first-order valence-corrected chi connectivity index (χ1v) is 6.35. The fourth-order valence-electron chi connectivity index (χ4n) is 1.79. The molecular weight excluding hydrogens is 267 g/mol. The molecule has 0 saturated heterocycles. The molecule has 6 nitrogen and oxygen atoms in total. The Morgan fingerprint density at radius 3 is 2.70 bits per heavy atom. The van der Waals surface area contributed by atoms with Crippen LogP contribution in [0, 0.1) is 15.9 Å². The molecule has 0 atom stereocenters. The van der Waals surface area contributed by atoms with Crippen molar-refractivity contribution in [1.82, 2.24) is 4.90 Å². The SMILES string of the molecule is CCCCN(CCO)C(=O)c1cc(F)ccc1[N+](=O)[O-]. The number of hydrogen-bond donors (Lipinski definition) is 1. The first kappa shape index (κ1) is 16.0. The van der Waals surface area contributed by atoms with Crippen LogP contribution in [0.1, 0.15) is 30.1 Å². The summed E-state index contributed by atoms with van der Waals surface area (Å²) in [6.07, 6.45) is 1.54. The van der Waals surface area contributed by atoms with Gasteiger partial charge in [0.2, 0.25) is 0 Å². The van der Waals surface area contributed by atoms with Gasteiger partial charge in [-0.3, -0.25) is 14.9 Å². The summed E-state index contributed by atoms with van der Waals surface area (Å²) < 4.78 is 13.2. The van der Waals surface area contributed by atoms with Crippen LogP contribution in [0.3, 0.4) is 0 Å². The highest BCUT2D eigenvalue weighted by Gasteiger charge is 2.24. The molecule has 1 aromatic carbocycles.